The third kappa shape index (κ3) is 4.91. The van der Waals surface area contributed by atoms with Gasteiger partial charge in [-0.15, -0.1) is 0 Å². The van der Waals surface area contributed by atoms with Crippen LogP contribution in [0.3, 0.4) is 0 Å². The van der Waals surface area contributed by atoms with Gasteiger partial charge in [0.05, 0.1) is 6.61 Å². The Morgan fingerprint density at radius 1 is 1.42 bits per heavy atom. The summed E-state index contributed by atoms with van der Waals surface area (Å²) in [5.41, 5.74) is 1.15. The van der Waals surface area contributed by atoms with Gasteiger partial charge in [-0.05, 0) is 46.4 Å². The van der Waals surface area contributed by atoms with Gasteiger partial charge < -0.3 is 14.7 Å². The van der Waals surface area contributed by atoms with Crippen molar-refractivity contribution in [3.63, 3.8) is 0 Å². The number of aromatic carboxylic acids is 1. The lowest BCUT2D eigenvalue weighted by Gasteiger charge is -2.20. The Labute approximate surface area is 115 Å². The monoisotopic (exact) mass is 265 g/mol. The van der Waals surface area contributed by atoms with E-state index in [0.717, 1.165) is 18.5 Å². The first-order valence-electron chi connectivity index (χ1n) is 6.58. The predicted molar refractivity (Wildman–Crippen MR) is 76.0 cm³/mol. The molecule has 0 aliphatic heterocycles. The first-order valence-corrected chi connectivity index (χ1v) is 6.58. The Morgan fingerprint density at radius 2 is 2.11 bits per heavy atom. The number of carbonyl (C=O) groups is 1. The summed E-state index contributed by atoms with van der Waals surface area (Å²) in [6.45, 7) is 7.62. The molecular weight excluding hydrogens is 242 g/mol. The Hall–Kier alpha value is -1.55. The third-order valence-electron chi connectivity index (χ3n) is 3.16. The standard InChI is InChI=1S/C15H23NO3/c1-11(2)16(4)8-5-9-19-14-7-6-12(3)10-13(14)15(17)18/h6-7,10-11H,5,8-9H2,1-4H3,(H,17,18). The molecule has 19 heavy (non-hydrogen) atoms. The van der Waals surface area contributed by atoms with Crippen LogP contribution < -0.4 is 4.74 Å². The summed E-state index contributed by atoms with van der Waals surface area (Å²) < 4.78 is 5.58. The van der Waals surface area contributed by atoms with E-state index in [9.17, 15) is 4.79 Å². The summed E-state index contributed by atoms with van der Waals surface area (Å²) >= 11 is 0. The molecule has 0 saturated carbocycles. The fourth-order valence-corrected chi connectivity index (χ4v) is 1.69. The van der Waals surface area contributed by atoms with Crippen molar-refractivity contribution in [1.82, 2.24) is 4.90 Å². The summed E-state index contributed by atoms with van der Waals surface area (Å²) in [7, 11) is 2.07. The SMILES string of the molecule is Cc1ccc(OCCCN(C)C(C)C)c(C(=O)O)c1. The van der Waals surface area contributed by atoms with Crippen molar-refractivity contribution in [3.05, 3.63) is 29.3 Å². The minimum Gasteiger partial charge on any atom is -0.493 e. The zero-order chi connectivity index (χ0) is 14.4. The van der Waals surface area contributed by atoms with Crippen molar-refractivity contribution < 1.29 is 14.6 Å². The number of hydrogen-bond acceptors (Lipinski definition) is 3. The van der Waals surface area contributed by atoms with Crippen LogP contribution in [-0.2, 0) is 0 Å². The van der Waals surface area contributed by atoms with Crippen LogP contribution in [0, 0.1) is 6.92 Å². The maximum atomic E-state index is 11.1. The number of aryl methyl sites for hydroxylation is 1. The lowest BCUT2D eigenvalue weighted by molar-refractivity contribution is 0.0692. The fraction of sp³-hybridized carbons (Fsp3) is 0.533. The zero-order valence-corrected chi connectivity index (χ0v) is 12.1. The van der Waals surface area contributed by atoms with E-state index in [-0.39, 0.29) is 5.56 Å². The summed E-state index contributed by atoms with van der Waals surface area (Å²) in [6, 6.07) is 5.74. The Morgan fingerprint density at radius 3 is 2.68 bits per heavy atom. The molecule has 1 rings (SSSR count). The quantitative estimate of drug-likeness (QED) is 0.770. The van der Waals surface area contributed by atoms with E-state index in [0.29, 0.717) is 18.4 Å². The summed E-state index contributed by atoms with van der Waals surface area (Å²) in [6.07, 6.45) is 0.877. The Balaban J connectivity index is 2.52. The van der Waals surface area contributed by atoms with E-state index in [4.69, 9.17) is 9.84 Å². The van der Waals surface area contributed by atoms with Crippen molar-refractivity contribution >= 4 is 5.97 Å². The number of carboxylic acids is 1. The topological polar surface area (TPSA) is 49.8 Å². The molecule has 0 atom stereocenters. The van der Waals surface area contributed by atoms with Crippen LogP contribution in [-0.4, -0.2) is 42.2 Å². The molecule has 0 aromatic heterocycles. The number of benzene rings is 1. The van der Waals surface area contributed by atoms with Crippen LogP contribution in [0.25, 0.3) is 0 Å². The van der Waals surface area contributed by atoms with Crippen LogP contribution in [0.1, 0.15) is 36.2 Å². The molecule has 0 radical (unpaired) electrons. The molecule has 1 aromatic rings. The average molecular weight is 265 g/mol. The third-order valence-corrected chi connectivity index (χ3v) is 3.16. The molecular formula is C15H23NO3. The van der Waals surface area contributed by atoms with E-state index >= 15 is 0 Å². The lowest BCUT2D eigenvalue weighted by Crippen LogP contribution is -2.28. The summed E-state index contributed by atoms with van der Waals surface area (Å²) in [4.78, 5) is 13.3. The van der Waals surface area contributed by atoms with Crippen molar-refractivity contribution in [2.45, 2.75) is 33.2 Å². The van der Waals surface area contributed by atoms with E-state index in [1.807, 2.05) is 13.0 Å². The summed E-state index contributed by atoms with van der Waals surface area (Å²) in [5, 5.41) is 9.12. The van der Waals surface area contributed by atoms with Crippen molar-refractivity contribution in [3.8, 4) is 5.75 Å². The van der Waals surface area contributed by atoms with Crippen LogP contribution in [0.15, 0.2) is 18.2 Å². The van der Waals surface area contributed by atoms with Crippen LogP contribution in [0.2, 0.25) is 0 Å². The maximum Gasteiger partial charge on any atom is 0.339 e. The number of carboxylic acid groups (broad SMARTS) is 1. The molecule has 0 spiro atoms. The lowest BCUT2D eigenvalue weighted by atomic mass is 10.1. The molecule has 0 fully saturated rings. The average Bonchev–Trinajstić information content (AvgIpc) is 2.35. The second-order valence-corrected chi connectivity index (χ2v) is 5.08. The predicted octanol–water partition coefficient (Wildman–Crippen LogP) is 2.80. The highest BCUT2D eigenvalue weighted by Crippen LogP contribution is 2.20. The molecule has 0 bridgehead atoms. The van der Waals surface area contributed by atoms with Crippen LogP contribution in [0.4, 0.5) is 0 Å². The molecule has 0 unspecified atom stereocenters. The van der Waals surface area contributed by atoms with Gasteiger partial charge in [-0.3, -0.25) is 0 Å². The van der Waals surface area contributed by atoms with Crippen molar-refractivity contribution in [1.29, 1.82) is 0 Å². The number of nitrogens with zero attached hydrogens (tertiary/aromatic N) is 1. The molecule has 0 heterocycles. The smallest absolute Gasteiger partial charge is 0.339 e. The second-order valence-electron chi connectivity index (χ2n) is 5.08. The molecule has 1 N–H and O–H groups in total. The fourth-order valence-electron chi connectivity index (χ4n) is 1.69. The molecule has 0 saturated heterocycles. The van der Waals surface area contributed by atoms with E-state index < -0.39 is 5.97 Å². The van der Waals surface area contributed by atoms with Gasteiger partial charge in [-0.25, -0.2) is 4.79 Å². The number of hydrogen-bond donors (Lipinski definition) is 1. The highest BCUT2D eigenvalue weighted by atomic mass is 16.5. The number of rotatable bonds is 7. The van der Waals surface area contributed by atoms with Gasteiger partial charge >= 0.3 is 5.97 Å². The number of ether oxygens (including phenoxy) is 1. The first-order chi connectivity index (χ1) is 8.91. The normalized spacial score (nSPS) is 11.1. The molecule has 4 nitrogen and oxygen atoms in total. The van der Waals surface area contributed by atoms with Gasteiger partial charge in [-0.2, -0.15) is 0 Å². The van der Waals surface area contributed by atoms with E-state index in [2.05, 4.69) is 25.8 Å². The second kappa shape index (κ2) is 7.14. The van der Waals surface area contributed by atoms with Gasteiger partial charge in [-0.1, -0.05) is 11.6 Å². The zero-order valence-electron chi connectivity index (χ0n) is 12.1. The molecule has 0 amide bonds. The van der Waals surface area contributed by atoms with Gasteiger partial charge in [0.1, 0.15) is 11.3 Å². The molecule has 106 valence electrons. The van der Waals surface area contributed by atoms with Crippen molar-refractivity contribution in [2.24, 2.45) is 0 Å². The van der Waals surface area contributed by atoms with Gasteiger partial charge in [0.2, 0.25) is 0 Å². The highest BCUT2D eigenvalue weighted by molar-refractivity contribution is 5.91. The first kappa shape index (κ1) is 15.5. The minimum atomic E-state index is -0.946. The molecule has 1 aromatic carbocycles. The minimum absolute atomic E-state index is 0.234. The molecule has 4 heteroatoms. The molecule has 0 aliphatic rings. The van der Waals surface area contributed by atoms with Crippen LogP contribution in [0.5, 0.6) is 5.75 Å². The molecule has 0 aliphatic carbocycles. The van der Waals surface area contributed by atoms with Gasteiger partial charge in [0, 0.05) is 12.6 Å². The van der Waals surface area contributed by atoms with E-state index in [1.165, 1.54) is 0 Å². The van der Waals surface area contributed by atoms with Crippen molar-refractivity contribution in [2.75, 3.05) is 20.2 Å². The maximum absolute atomic E-state index is 11.1. The van der Waals surface area contributed by atoms with Gasteiger partial charge in [0.25, 0.3) is 0 Å². The summed E-state index contributed by atoms with van der Waals surface area (Å²) in [5.74, 6) is -0.497. The highest BCUT2D eigenvalue weighted by Gasteiger charge is 2.11. The van der Waals surface area contributed by atoms with E-state index in [1.54, 1.807) is 12.1 Å². The Kier molecular flexibility index (Phi) is 5.83. The Bertz CT molecular complexity index is 429. The largest absolute Gasteiger partial charge is 0.493 e. The van der Waals surface area contributed by atoms with Gasteiger partial charge in [0.15, 0.2) is 0 Å². The van der Waals surface area contributed by atoms with Crippen LogP contribution >= 0.6 is 0 Å².